The van der Waals surface area contributed by atoms with Crippen LogP contribution in [0.4, 0.5) is 5.69 Å². The lowest BCUT2D eigenvalue weighted by Crippen LogP contribution is -2.42. The highest BCUT2D eigenvalue weighted by Crippen LogP contribution is 2.45. The first-order valence-electron chi connectivity index (χ1n) is 7.81. The number of nitro groups is 1. The maximum Gasteiger partial charge on any atom is 0.270 e. The molecule has 6 heteroatoms. The van der Waals surface area contributed by atoms with Crippen molar-refractivity contribution >= 4 is 11.6 Å². The number of nitro benzene ring substituents is 1. The first-order chi connectivity index (χ1) is 11.5. The Morgan fingerprint density at radius 2 is 1.92 bits per heavy atom. The summed E-state index contributed by atoms with van der Waals surface area (Å²) in [5.41, 5.74) is -0.275. The molecule has 124 valence electrons. The van der Waals surface area contributed by atoms with E-state index in [0.717, 1.165) is 18.4 Å². The monoisotopic (exact) mass is 326 g/mol. The maximum absolute atomic E-state index is 12.3. The summed E-state index contributed by atoms with van der Waals surface area (Å²) in [5, 5.41) is 24.6. The Kier molecular flexibility index (Phi) is 4.31. The molecule has 2 N–H and O–H groups in total. The molecule has 6 nitrogen and oxygen atoms in total. The van der Waals surface area contributed by atoms with Gasteiger partial charge in [-0.3, -0.25) is 14.9 Å². The lowest BCUT2D eigenvalue weighted by atomic mass is 9.88. The minimum atomic E-state index is -1.11. The number of amides is 1. The molecule has 1 aliphatic rings. The van der Waals surface area contributed by atoms with Gasteiger partial charge in [0.2, 0.25) is 0 Å². The molecule has 1 aliphatic carbocycles. The van der Waals surface area contributed by atoms with Crippen LogP contribution in [0, 0.1) is 16.0 Å². The number of nitrogens with zero attached hydrogens (tertiary/aromatic N) is 1. The fourth-order valence-corrected chi connectivity index (χ4v) is 2.85. The summed E-state index contributed by atoms with van der Waals surface area (Å²) in [7, 11) is 0. The molecule has 1 unspecified atom stereocenters. The summed E-state index contributed by atoms with van der Waals surface area (Å²) in [6, 6.07) is 14.8. The lowest BCUT2D eigenvalue weighted by Gasteiger charge is -2.29. The van der Waals surface area contributed by atoms with E-state index in [1.807, 2.05) is 30.3 Å². The van der Waals surface area contributed by atoms with Crippen molar-refractivity contribution < 1.29 is 14.8 Å². The number of rotatable bonds is 6. The third-order valence-corrected chi connectivity index (χ3v) is 4.36. The standard InChI is InChI=1S/C18H18N2O4/c21-17(13-5-4-8-16(11-13)20(23)24)19-12-18(22,15-9-10-15)14-6-2-1-3-7-14/h1-8,11,15,22H,9-10,12H2,(H,19,21). The van der Waals surface area contributed by atoms with Crippen LogP contribution in [-0.4, -0.2) is 22.5 Å². The minimum absolute atomic E-state index is 0.0726. The third-order valence-electron chi connectivity index (χ3n) is 4.36. The largest absolute Gasteiger partial charge is 0.383 e. The summed E-state index contributed by atoms with van der Waals surface area (Å²) in [6.45, 7) is 0.0726. The highest BCUT2D eigenvalue weighted by molar-refractivity contribution is 5.94. The molecule has 1 amide bonds. The molecule has 0 heterocycles. The van der Waals surface area contributed by atoms with Gasteiger partial charge < -0.3 is 10.4 Å². The molecule has 0 saturated heterocycles. The Morgan fingerprint density at radius 3 is 2.54 bits per heavy atom. The summed E-state index contributed by atoms with van der Waals surface area (Å²) in [4.78, 5) is 22.6. The Morgan fingerprint density at radius 1 is 1.21 bits per heavy atom. The average Bonchev–Trinajstić information content (AvgIpc) is 3.46. The highest BCUT2D eigenvalue weighted by atomic mass is 16.6. The number of aliphatic hydroxyl groups is 1. The topological polar surface area (TPSA) is 92.5 Å². The summed E-state index contributed by atoms with van der Waals surface area (Å²) >= 11 is 0. The van der Waals surface area contributed by atoms with Crippen molar-refractivity contribution in [3.05, 3.63) is 75.8 Å². The van der Waals surface area contributed by atoms with Gasteiger partial charge in [-0.2, -0.15) is 0 Å². The molecule has 1 atom stereocenters. The summed E-state index contributed by atoms with van der Waals surface area (Å²) < 4.78 is 0. The average molecular weight is 326 g/mol. The first kappa shape index (κ1) is 16.1. The van der Waals surface area contributed by atoms with E-state index in [1.165, 1.54) is 24.3 Å². The van der Waals surface area contributed by atoms with Crippen LogP contribution in [0.5, 0.6) is 0 Å². The fraction of sp³-hybridized carbons (Fsp3) is 0.278. The van der Waals surface area contributed by atoms with Gasteiger partial charge in [0.05, 0.1) is 11.5 Å². The van der Waals surface area contributed by atoms with Crippen molar-refractivity contribution in [2.45, 2.75) is 18.4 Å². The smallest absolute Gasteiger partial charge is 0.270 e. The second-order valence-corrected chi connectivity index (χ2v) is 6.05. The highest BCUT2D eigenvalue weighted by Gasteiger charge is 2.45. The minimum Gasteiger partial charge on any atom is -0.383 e. The van der Waals surface area contributed by atoms with E-state index in [2.05, 4.69) is 5.32 Å². The second kappa shape index (κ2) is 6.41. The number of hydrogen-bond acceptors (Lipinski definition) is 4. The molecule has 0 bridgehead atoms. The van der Waals surface area contributed by atoms with Crippen molar-refractivity contribution in [3.63, 3.8) is 0 Å². The summed E-state index contributed by atoms with van der Waals surface area (Å²) in [6.07, 6.45) is 1.83. The molecule has 3 rings (SSSR count). The van der Waals surface area contributed by atoms with E-state index in [4.69, 9.17) is 0 Å². The van der Waals surface area contributed by atoms with Crippen molar-refractivity contribution in [3.8, 4) is 0 Å². The molecule has 24 heavy (non-hydrogen) atoms. The molecule has 1 fully saturated rings. The van der Waals surface area contributed by atoms with E-state index in [9.17, 15) is 20.0 Å². The van der Waals surface area contributed by atoms with Gasteiger partial charge in [-0.25, -0.2) is 0 Å². The van der Waals surface area contributed by atoms with Gasteiger partial charge in [0, 0.05) is 17.7 Å². The second-order valence-electron chi connectivity index (χ2n) is 6.05. The van der Waals surface area contributed by atoms with Crippen LogP contribution < -0.4 is 5.32 Å². The molecular weight excluding hydrogens is 308 g/mol. The Balaban J connectivity index is 1.75. The predicted octanol–water partition coefficient (Wildman–Crippen LogP) is 2.62. The number of nitrogens with one attached hydrogen (secondary N) is 1. The molecule has 0 aromatic heterocycles. The van der Waals surface area contributed by atoms with E-state index >= 15 is 0 Å². The lowest BCUT2D eigenvalue weighted by molar-refractivity contribution is -0.384. The van der Waals surface area contributed by atoms with Crippen LogP contribution in [0.3, 0.4) is 0 Å². The zero-order chi connectivity index (χ0) is 17.2. The van der Waals surface area contributed by atoms with Gasteiger partial charge in [0.15, 0.2) is 0 Å². The Bertz CT molecular complexity index is 759. The van der Waals surface area contributed by atoms with E-state index in [1.54, 1.807) is 0 Å². The van der Waals surface area contributed by atoms with Crippen molar-refractivity contribution in [2.24, 2.45) is 5.92 Å². The molecule has 0 spiro atoms. The van der Waals surface area contributed by atoms with Crippen LogP contribution in [0.2, 0.25) is 0 Å². The van der Waals surface area contributed by atoms with Gasteiger partial charge >= 0.3 is 0 Å². The normalized spacial score (nSPS) is 16.2. The van der Waals surface area contributed by atoms with Crippen molar-refractivity contribution in [2.75, 3.05) is 6.54 Å². The Hall–Kier alpha value is -2.73. The molecule has 0 aliphatic heterocycles. The van der Waals surface area contributed by atoms with E-state index in [-0.39, 0.29) is 23.7 Å². The fourth-order valence-electron chi connectivity index (χ4n) is 2.85. The van der Waals surface area contributed by atoms with Crippen LogP contribution in [0.15, 0.2) is 54.6 Å². The van der Waals surface area contributed by atoms with Crippen molar-refractivity contribution in [1.29, 1.82) is 0 Å². The van der Waals surface area contributed by atoms with Gasteiger partial charge in [0.1, 0.15) is 5.60 Å². The van der Waals surface area contributed by atoms with E-state index < -0.39 is 16.4 Å². The zero-order valence-electron chi connectivity index (χ0n) is 13.0. The third kappa shape index (κ3) is 3.28. The predicted molar refractivity (Wildman–Crippen MR) is 88.5 cm³/mol. The van der Waals surface area contributed by atoms with E-state index in [0.29, 0.717) is 0 Å². The number of carbonyl (C=O) groups excluding carboxylic acids is 1. The quantitative estimate of drug-likeness (QED) is 0.630. The van der Waals surface area contributed by atoms with Gasteiger partial charge in [0.25, 0.3) is 11.6 Å². The molecule has 2 aromatic rings. The molecule has 2 aromatic carbocycles. The van der Waals surface area contributed by atoms with Crippen LogP contribution in [0.25, 0.3) is 0 Å². The number of carbonyl (C=O) groups is 1. The van der Waals surface area contributed by atoms with Gasteiger partial charge in [-0.1, -0.05) is 36.4 Å². The molecular formula is C18H18N2O4. The van der Waals surface area contributed by atoms with Gasteiger partial charge in [-0.05, 0) is 30.4 Å². The van der Waals surface area contributed by atoms with Crippen LogP contribution >= 0.6 is 0 Å². The number of hydrogen-bond donors (Lipinski definition) is 2. The van der Waals surface area contributed by atoms with Crippen molar-refractivity contribution in [1.82, 2.24) is 5.32 Å². The Labute approximate surface area is 139 Å². The first-order valence-corrected chi connectivity index (χ1v) is 7.81. The molecule has 1 saturated carbocycles. The maximum atomic E-state index is 12.3. The zero-order valence-corrected chi connectivity index (χ0v) is 13.0. The number of benzene rings is 2. The van der Waals surface area contributed by atoms with Crippen LogP contribution in [0.1, 0.15) is 28.8 Å². The summed E-state index contributed by atoms with van der Waals surface area (Å²) in [5.74, 6) is -0.320. The van der Waals surface area contributed by atoms with Crippen LogP contribution in [-0.2, 0) is 5.60 Å². The van der Waals surface area contributed by atoms with Gasteiger partial charge in [-0.15, -0.1) is 0 Å². The SMILES string of the molecule is O=C(NCC(O)(c1ccccc1)C1CC1)c1cccc([N+](=O)[O-])c1. The number of non-ortho nitro benzene ring substituents is 1. The molecule has 0 radical (unpaired) electrons.